The van der Waals surface area contributed by atoms with Gasteiger partial charge in [0.2, 0.25) is 0 Å². The molecule has 0 aliphatic carbocycles. The number of aliphatic hydroxyl groups excluding tert-OH is 9. The van der Waals surface area contributed by atoms with Crippen molar-refractivity contribution in [3.8, 4) is 0 Å². The molecular weight excluding hydrogens is 346 g/mol. The Labute approximate surface area is 144 Å². The molecule has 1 unspecified atom stereocenters. The second-order valence-electron chi connectivity index (χ2n) is 5.02. The number of nitrogens with zero attached hydrogens (tertiary/aromatic N) is 1. The van der Waals surface area contributed by atoms with Crippen LogP contribution in [-0.4, -0.2) is 139 Å². The Morgan fingerprint density at radius 2 is 1.12 bits per heavy atom. The van der Waals surface area contributed by atoms with Gasteiger partial charge >= 0.3 is 5.97 Å². The smallest absolute Gasteiger partial charge is 0.335 e. The van der Waals surface area contributed by atoms with Crippen molar-refractivity contribution in [3.05, 3.63) is 0 Å². The lowest BCUT2D eigenvalue weighted by molar-refractivity contribution is -0.169. The normalized spacial score (nSPS) is 17.2. The van der Waals surface area contributed by atoms with E-state index in [4.69, 9.17) is 51.1 Å². The molecule has 0 aromatic rings. The molecule has 5 atom stereocenters. The van der Waals surface area contributed by atoms with Crippen LogP contribution in [0.1, 0.15) is 0 Å². The first-order valence-electron chi connectivity index (χ1n) is 7.46. The number of aliphatic hydroxyl groups is 9. The third-order valence-corrected chi connectivity index (χ3v) is 3.11. The fourth-order valence-electron chi connectivity index (χ4n) is 1.63. The van der Waals surface area contributed by atoms with E-state index >= 15 is 0 Å². The number of carbonyl (C=O) groups is 1. The zero-order valence-corrected chi connectivity index (χ0v) is 13.7. The van der Waals surface area contributed by atoms with Crippen LogP contribution in [0.2, 0.25) is 0 Å². The molecule has 0 aromatic heterocycles. The van der Waals surface area contributed by atoms with E-state index in [9.17, 15) is 4.79 Å². The van der Waals surface area contributed by atoms with Crippen LogP contribution >= 0.6 is 0 Å². The summed E-state index contributed by atoms with van der Waals surface area (Å²) in [6.07, 6.45) is -10.2. The molecule has 0 aromatic carbocycles. The summed E-state index contributed by atoms with van der Waals surface area (Å²) in [7, 11) is 0. The van der Waals surface area contributed by atoms with Gasteiger partial charge in [0.25, 0.3) is 0 Å². The van der Waals surface area contributed by atoms with Crippen molar-refractivity contribution in [3.63, 3.8) is 0 Å². The van der Waals surface area contributed by atoms with Crippen molar-refractivity contribution in [1.82, 2.24) is 4.90 Å². The van der Waals surface area contributed by atoms with E-state index in [0.29, 0.717) is 19.6 Å². The second kappa shape index (κ2) is 15.3. The van der Waals surface area contributed by atoms with Gasteiger partial charge in [-0.2, -0.15) is 0 Å². The van der Waals surface area contributed by atoms with Crippen LogP contribution in [0.25, 0.3) is 0 Å². The highest BCUT2D eigenvalue weighted by Gasteiger charge is 2.36. The molecule has 0 saturated carbocycles. The molecule has 0 fully saturated rings. The lowest BCUT2D eigenvalue weighted by atomic mass is 9.99. The highest BCUT2D eigenvalue weighted by Crippen LogP contribution is 2.08. The van der Waals surface area contributed by atoms with Gasteiger partial charge in [0.15, 0.2) is 6.10 Å². The summed E-state index contributed by atoms with van der Waals surface area (Å²) in [4.78, 5) is 12.0. The van der Waals surface area contributed by atoms with Gasteiger partial charge in [-0.1, -0.05) is 0 Å². The molecule has 0 radical (unpaired) electrons. The van der Waals surface area contributed by atoms with E-state index in [0.717, 1.165) is 0 Å². The molecule has 0 aliphatic heterocycles. The topological polar surface area (TPSA) is 223 Å². The summed E-state index contributed by atoms with van der Waals surface area (Å²) in [6.45, 7) is 0.872. The summed E-state index contributed by atoms with van der Waals surface area (Å²) in [5, 5.41) is 87.0. The van der Waals surface area contributed by atoms with Gasteiger partial charge in [-0.05, 0) is 0 Å². The molecule has 0 amide bonds. The molecule has 12 nitrogen and oxygen atoms in total. The predicted molar refractivity (Wildman–Crippen MR) is 82.5 cm³/mol. The minimum absolute atomic E-state index is 0.0694. The highest BCUT2D eigenvalue weighted by molar-refractivity contribution is 5.72. The molecule has 0 rings (SSSR count). The number of carboxylic acids is 1. The fourth-order valence-corrected chi connectivity index (χ4v) is 1.63. The molecule has 0 spiro atoms. The lowest BCUT2D eigenvalue weighted by Gasteiger charge is -2.26. The standard InChI is InChI=1S/C7H14O8.C6H15NO3/c8-1-2(9)3(10)4(11)5(12)6(13)7(14)15;8-4-1-7(2-5-9)3-6-10/h2-6,8-13H,1H2,(H,14,15);8-10H,1-6H2/t2?,3-,4-,5+,6-;/m1./s1. The van der Waals surface area contributed by atoms with Gasteiger partial charge < -0.3 is 51.1 Å². The van der Waals surface area contributed by atoms with E-state index < -0.39 is 43.1 Å². The van der Waals surface area contributed by atoms with Crippen LogP contribution in [0.3, 0.4) is 0 Å². The Hall–Kier alpha value is -0.930. The Kier molecular flexibility index (Phi) is 16.1. The maximum Gasteiger partial charge on any atom is 0.335 e. The zero-order chi connectivity index (χ0) is 20.0. The number of rotatable bonds is 12. The number of carboxylic acid groups (broad SMARTS) is 1. The van der Waals surface area contributed by atoms with Crippen LogP contribution < -0.4 is 0 Å². The third kappa shape index (κ3) is 11.3. The van der Waals surface area contributed by atoms with E-state index in [1.165, 1.54) is 0 Å². The maximum atomic E-state index is 10.2. The van der Waals surface area contributed by atoms with Crippen LogP contribution in [0.5, 0.6) is 0 Å². The number of hydrogen-bond acceptors (Lipinski definition) is 11. The summed E-state index contributed by atoms with van der Waals surface area (Å²) < 4.78 is 0. The summed E-state index contributed by atoms with van der Waals surface area (Å²) in [5.74, 6) is -1.78. The van der Waals surface area contributed by atoms with Crippen molar-refractivity contribution < 1.29 is 55.9 Å². The van der Waals surface area contributed by atoms with E-state index in [1.54, 1.807) is 4.90 Å². The van der Waals surface area contributed by atoms with Gasteiger partial charge in [-0.3, -0.25) is 4.90 Å². The van der Waals surface area contributed by atoms with E-state index in [2.05, 4.69) is 0 Å². The highest BCUT2D eigenvalue weighted by atomic mass is 16.4. The summed E-state index contributed by atoms with van der Waals surface area (Å²) in [5.41, 5.74) is 0. The average molecular weight is 375 g/mol. The molecule has 12 heteroatoms. The molecule has 0 saturated heterocycles. The third-order valence-electron chi connectivity index (χ3n) is 3.11. The van der Waals surface area contributed by atoms with E-state index in [-0.39, 0.29) is 19.8 Å². The maximum absolute atomic E-state index is 10.2. The van der Waals surface area contributed by atoms with Crippen molar-refractivity contribution in [2.45, 2.75) is 30.5 Å². The van der Waals surface area contributed by atoms with Crippen LogP contribution in [0, 0.1) is 0 Å². The van der Waals surface area contributed by atoms with Crippen molar-refractivity contribution in [2.24, 2.45) is 0 Å². The minimum atomic E-state index is -2.29. The van der Waals surface area contributed by atoms with Crippen LogP contribution in [0.4, 0.5) is 0 Å². The SMILES string of the molecule is O=C(O)[C@H](O)[C@@H](O)[C@H](O)[C@H](O)C(O)CO.OCCN(CCO)CCO. The van der Waals surface area contributed by atoms with Crippen LogP contribution in [0.15, 0.2) is 0 Å². The summed E-state index contributed by atoms with van der Waals surface area (Å²) in [6, 6.07) is 0. The first-order valence-corrected chi connectivity index (χ1v) is 7.46. The van der Waals surface area contributed by atoms with Gasteiger partial charge in [0, 0.05) is 19.6 Å². The van der Waals surface area contributed by atoms with Gasteiger partial charge in [0.1, 0.15) is 24.4 Å². The quantitative estimate of drug-likeness (QED) is 0.154. The second-order valence-corrected chi connectivity index (χ2v) is 5.02. The van der Waals surface area contributed by atoms with Crippen molar-refractivity contribution >= 4 is 5.97 Å². The Balaban J connectivity index is 0. The average Bonchev–Trinajstić information content (AvgIpc) is 2.59. The first-order chi connectivity index (χ1) is 11.7. The molecule has 0 aliphatic rings. The fraction of sp³-hybridized carbons (Fsp3) is 0.923. The molecule has 152 valence electrons. The van der Waals surface area contributed by atoms with Gasteiger partial charge in [0.05, 0.1) is 26.4 Å². The summed E-state index contributed by atoms with van der Waals surface area (Å²) >= 11 is 0. The monoisotopic (exact) mass is 375 g/mol. The number of hydrogen-bond donors (Lipinski definition) is 10. The Morgan fingerprint density at radius 3 is 1.40 bits per heavy atom. The minimum Gasteiger partial charge on any atom is -0.479 e. The molecule has 0 heterocycles. The lowest BCUT2D eigenvalue weighted by Crippen LogP contribution is -2.51. The predicted octanol–water partition coefficient (Wildman–Crippen LogP) is -5.87. The molecule has 0 bridgehead atoms. The zero-order valence-electron chi connectivity index (χ0n) is 13.7. The van der Waals surface area contributed by atoms with E-state index in [1.807, 2.05) is 0 Å². The largest absolute Gasteiger partial charge is 0.479 e. The Bertz CT molecular complexity index is 319. The number of aliphatic carboxylic acids is 1. The molecule has 25 heavy (non-hydrogen) atoms. The first kappa shape index (κ1) is 26.3. The Morgan fingerprint density at radius 1 is 0.720 bits per heavy atom. The molecule has 10 N–H and O–H groups in total. The van der Waals surface area contributed by atoms with Crippen molar-refractivity contribution in [1.29, 1.82) is 0 Å². The molecular formula is C13H29NO11. The van der Waals surface area contributed by atoms with Crippen LogP contribution in [-0.2, 0) is 4.79 Å². The van der Waals surface area contributed by atoms with Gasteiger partial charge in [-0.15, -0.1) is 0 Å². The van der Waals surface area contributed by atoms with Gasteiger partial charge in [-0.25, -0.2) is 4.79 Å². The van der Waals surface area contributed by atoms with Crippen molar-refractivity contribution in [2.75, 3.05) is 46.1 Å².